The number of fused-ring (bicyclic) bond motifs is 2. The first-order valence-corrected chi connectivity index (χ1v) is 11.2. The number of nitrogens with one attached hydrogen (secondary N) is 4. The number of hydrogen-bond donors (Lipinski definition) is 4. The maximum atomic E-state index is 13.1. The third-order valence-electron chi connectivity index (χ3n) is 6.09. The van der Waals surface area contributed by atoms with Gasteiger partial charge in [-0.15, -0.1) is 0 Å². The summed E-state index contributed by atoms with van der Waals surface area (Å²) >= 11 is 0. The fraction of sp³-hybridized carbons (Fsp3) is 0.192. The number of aromatic nitrogens is 2. The number of anilines is 1. The van der Waals surface area contributed by atoms with E-state index in [0.29, 0.717) is 34.5 Å². The molecule has 0 saturated carbocycles. The highest BCUT2D eigenvalue weighted by Crippen LogP contribution is 2.38. The van der Waals surface area contributed by atoms with E-state index < -0.39 is 11.8 Å². The standard InChI is InChI=1S/C26H25N5O3/c1-15(32)29-16-8-9-18-20(14-31(22(18)12-16)11-5-10-27-2)24-23(25(33)30-26(24)34)19-13-28-21-7-4-3-6-17(19)21/h3-4,6-9,12-14,27-28H,5,10-11H2,1-2H3,(H,29,32)(H,30,33,34). The Hall–Kier alpha value is -4.17. The summed E-state index contributed by atoms with van der Waals surface area (Å²) < 4.78 is 2.07. The summed E-state index contributed by atoms with van der Waals surface area (Å²) in [6.07, 6.45) is 4.59. The molecule has 0 fully saturated rings. The Morgan fingerprint density at radius 3 is 2.53 bits per heavy atom. The number of carbonyl (C=O) groups is 3. The van der Waals surface area contributed by atoms with Crippen molar-refractivity contribution in [3.8, 4) is 0 Å². The summed E-state index contributed by atoms with van der Waals surface area (Å²) in [7, 11) is 1.90. The zero-order valence-electron chi connectivity index (χ0n) is 19.0. The Balaban J connectivity index is 1.73. The third-order valence-corrected chi connectivity index (χ3v) is 6.09. The second-order valence-corrected chi connectivity index (χ2v) is 8.39. The average molecular weight is 456 g/mol. The Morgan fingerprint density at radius 2 is 1.76 bits per heavy atom. The Morgan fingerprint density at radius 1 is 1.00 bits per heavy atom. The number of benzene rings is 2. The quantitative estimate of drug-likeness (QED) is 0.253. The molecular weight excluding hydrogens is 430 g/mol. The second-order valence-electron chi connectivity index (χ2n) is 8.39. The highest BCUT2D eigenvalue weighted by Gasteiger charge is 2.35. The molecule has 8 nitrogen and oxygen atoms in total. The van der Waals surface area contributed by atoms with Crippen molar-refractivity contribution in [2.24, 2.45) is 0 Å². The van der Waals surface area contributed by atoms with Gasteiger partial charge in [-0.25, -0.2) is 0 Å². The molecule has 1 aliphatic rings. The van der Waals surface area contributed by atoms with Gasteiger partial charge in [-0.3, -0.25) is 19.7 Å². The van der Waals surface area contributed by atoms with Gasteiger partial charge in [0.05, 0.1) is 16.7 Å². The number of aryl methyl sites for hydroxylation is 1. The number of carbonyl (C=O) groups excluding carboxylic acids is 3. The fourth-order valence-electron chi connectivity index (χ4n) is 4.63. The predicted octanol–water partition coefficient (Wildman–Crippen LogP) is 3.26. The highest BCUT2D eigenvalue weighted by molar-refractivity contribution is 6.50. The molecule has 0 atom stereocenters. The number of amides is 3. The van der Waals surface area contributed by atoms with Gasteiger partial charge in [0.1, 0.15) is 0 Å². The molecule has 5 rings (SSSR count). The molecule has 0 bridgehead atoms. The molecule has 2 aromatic heterocycles. The molecule has 2 aromatic carbocycles. The molecule has 4 N–H and O–H groups in total. The molecule has 0 saturated heterocycles. The lowest BCUT2D eigenvalue weighted by atomic mass is 9.95. The van der Waals surface area contributed by atoms with Crippen LogP contribution in [0.2, 0.25) is 0 Å². The lowest BCUT2D eigenvalue weighted by Crippen LogP contribution is -2.22. The Labute approximate surface area is 196 Å². The van der Waals surface area contributed by atoms with Crippen LogP contribution in [0.15, 0.2) is 54.9 Å². The number of rotatable bonds is 7. The number of nitrogens with zero attached hydrogens (tertiary/aromatic N) is 1. The van der Waals surface area contributed by atoms with Crippen molar-refractivity contribution in [2.75, 3.05) is 18.9 Å². The van der Waals surface area contributed by atoms with Crippen LogP contribution in [0.3, 0.4) is 0 Å². The van der Waals surface area contributed by atoms with Crippen LogP contribution >= 0.6 is 0 Å². The molecule has 1 aliphatic heterocycles. The maximum Gasteiger partial charge on any atom is 0.259 e. The van der Waals surface area contributed by atoms with Crippen LogP contribution in [0.4, 0.5) is 5.69 Å². The van der Waals surface area contributed by atoms with Gasteiger partial charge in [0, 0.05) is 59.0 Å². The first-order chi connectivity index (χ1) is 16.5. The van der Waals surface area contributed by atoms with Crippen molar-refractivity contribution in [3.05, 3.63) is 66.0 Å². The summed E-state index contributed by atoms with van der Waals surface area (Å²) in [4.78, 5) is 40.8. The van der Waals surface area contributed by atoms with E-state index in [-0.39, 0.29) is 5.91 Å². The minimum absolute atomic E-state index is 0.155. The van der Waals surface area contributed by atoms with E-state index in [0.717, 1.165) is 34.8 Å². The van der Waals surface area contributed by atoms with Gasteiger partial charge < -0.3 is 20.2 Å². The molecular formula is C26H25N5O3. The van der Waals surface area contributed by atoms with Crippen molar-refractivity contribution in [2.45, 2.75) is 19.9 Å². The molecule has 0 unspecified atom stereocenters. The van der Waals surface area contributed by atoms with Gasteiger partial charge in [-0.05, 0) is 38.2 Å². The average Bonchev–Trinajstić information content (AvgIpc) is 3.46. The van der Waals surface area contributed by atoms with E-state index in [4.69, 9.17) is 0 Å². The van der Waals surface area contributed by atoms with Gasteiger partial charge in [-0.1, -0.05) is 24.3 Å². The van der Waals surface area contributed by atoms with E-state index in [1.165, 1.54) is 6.92 Å². The molecule has 0 radical (unpaired) electrons. The third kappa shape index (κ3) is 3.68. The van der Waals surface area contributed by atoms with Gasteiger partial charge in [0.25, 0.3) is 11.8 Å². The Bertz CT molecular complexity index is 1490. The SMILES string of the molecule is CNCCCn1cc(C2=C(c3c[nH]c4ccccc34)C(=O)NC2=O)c2ccc(NC(C)=O)cc21. The molecule has 3 amide bonds. The first-order valence-electron chi connectivity index (χ1n) is 11.2. The lowest BCUT2D eigenvalue weighted by Gasteiger charge is -2.07. The summed E-state index contributed by atoms with van der Waals surface area (Å²) in [6.45, 7) is 3.02. The number of aromatic amines is 1. The number of H-pyrrole nitrogens is 1. The van der Waals surface area contributed by atoms with Crippen molar-refractivity contribution in [1.82, 2.24) is 20.2 Å². The molecule has 8 heteroatoms. The first kappa shape index (κ1) is 21.7. The van der Waals surface area contributed by atoms with Crippen LogP contribution in [0.5, 0.6) is 0 Å². The normalized spacial score (nSPS) is 13.8. The summed E-state index contributed by atoms with van der Waals surface area (Å²) in [5.74, 6) is -0.973. The zero-order valence-corrected chi connectivity index (χ0v) is 19.0. The Kier molecular flexibility index (Phi) is 5.51. The summed E-state index contributed by atoms with van der Waals surface area (Å²) in [6, 6.07) is 13.3. The molecule has 0 aliphatic carbocycles. The van der Waals surface area contributed by atoms with Crippen LogP contribution in [-0.2, 0) is 20.9 Å². The summed E-state index contributed by atoms with van der Waals surface area (Å²) in [5, 5.41) is 10.2. The van der Waals surface area contributed by atoms with E-state index >= 15 is 0 Å². The molecule has 4 aromatic rings. The smallest absolute Gasteiger partial charge is 0.259 e. The zero-order chi connectivity index (χ0) is 23.8. The topological polar surface area (TPSA) is 108 Å². The fourth-order valence-corrected chi connectivity index (χ4v) is 4.63. The number of para-hydroxylation sites is 1. The van der Waals surface area contributed by atoms with E-state index in [1.54, 1.807) is 6.20 Å². The van der Waals surface area contributed by atoms with Gasteiger partial charge in [-0.2, -0.15) is 0 Å². The van der Waals surface area contributed by atoms with Gasteiger partial charge >= 0.3 is 0 Å². The van der Waals surface area contributed by atoms with Gasteiger partial charge in [0.2, 0.25) is 5.91 Å². The molecule has 3 heterocycles. The van der Waals surface area contributed by atoms with Crippen molar-refractivity contribution in [1.29, 1.82) is 0 Å². The van der Waals surface area contributed by atoms with Crippen molar-refractivity contribution in [3.63, 3.8) is 0 Å². The van der Waals surface area contributed by atoms with Crippen molar-refractivity contribution >= 4 is 56.4 Å². The number of hydrogen-bond acceptors (Lipinski definition) is 4. The van der Waals surface area contributed by atoms with Crippen LogP contribution in [0.25, 0.3) is 33.0 Å². The van der Waals surface area contributed by atoms with Crippen LogP contribution in [0.1, 0.15) is 24.5 Å². The van der Waals surface area contributed by atoms with E-state index in [1.807, 2.05) is 55.7 Å². The lowest BCUT2D eigenvalue weighted by molar-refractivity contribution is -0.123. The summed E-state index contributed by atoms with van der Waals surface area (Å²) in [5.41, 5.74) is 4.57. The van der Waals surface area contributed by atoms with Gasteiger partial charge in [0.15, 0.2) is 0 Å². The van der Waals surface area contributed by atoms with Crippen LogP contribution in [-0.4, -0.2) is 40.9 Å². The maximum absolute atomic E-state index is 13.1. The van der Waals surface area contributed by atoms with Crippen LogP contribution < -0.4 is 16.0 Å². The monoisotopic (exact) mass is 455 g/mol. The predicted molar refractivity (Wildman–Crippen MR) is 133 cm³/mol. The van der Waals surface area contributed by atoms with Crippen molar-refractivity contribution < 1.29 is 14.4 Å². The molecule has 0 spiro atoms. The van der Waals surface area contributed by atoms with Crippen LogP contribution in [0, 0.1) is 0 Å². The minimum atomic E-state index is -0.412. The van der Waals surface area contributed by atoms with E-state index in [2.05, 4.69) is 25.5 Å². The van der Waals surface area contributed by atoms with E-state index in [9.17, 15) is 14.4 Å². The second kappa shape index (κ2) is 8.64. The molecule has 172 valence electrons. The number of imide groups is 1. The minimum Gasteiger partial charge on any atom is -0.361 e. The largest absolute Gasteiger partial charge is 0.361 e. The molecule has 34 heavy (non-hydrogen) atoms. The highest BCUT2D eigenvalue weighted by atomic mass is 16.2.